The van der Waals surface area contributed by atoms with E-state index in [1.54, 1.807) is 32.2 Å². The first-order valence-corrected chi connectivity index (χ1v) is 15.7. The van der Waals surface area contributed by atoms with Crippen molar-refractivity contribution in [1.29, 1.82) is 5.26 Å². The molecule has 2 unspecified atom stereocenters. The highest BCUT2D eigenvalue weighted by molar-refractivity contribution is 6.31. The number of nitriles is 1. The maximum absolute atomic E-state index is 13.3. The number of benzene rings is 2. The summed E-state index contributed by atoms with van der Waals surface area (Å²) in [6, 6.07) is 11.0. The minimum Gasteiger partial charge on any atom is -0.495 e. The van der Waals surface area contributed by atoms with Crippen molar-refractivity contribution in [1.82, 2.24) is 14.8 Å². The molecule has 14 heteroatoms. The minimum atomic E-state index is -1.42. The highest BCUT2D eigenvalue weighted by Crippen LogP contribution is 2.33. The van der Waals surface area contributed by atoms with E-state index in [2.05, 4.69) is 16.7 Å². The predicted octanol–water partition coefficient (Wildman–Crippen LogP) is 3.85. The van der Waals surface area contributed by atoms with Crippen molar-refractivity contribution in [2.75, 3.05) is 32.6 Å². The third-order valence-electron chi connectivity index (χ3n) is 8.14. The molecule has 2 amide bonds. The van der Waals surface area contributed by atoms with Crippen molar-refractivity contribution in [2.45, 2.75) is 50.7 Å². The van der Waals surface area contributed by atoms with Crippen LogP contribution < -0.4 is 20.9 Å². The van der Waals surface area contributed by atoms with Crippen molar-refractivity contribution in [3.8, 4) is 22.9 Å². The maximum atomic E-state index is 13.3. The van der Waals surface area contributed by atoms with Crippen LogP contribution in [0.2, 0.25) is 5.02 Å². The monoisotopic (exact) mass is 677 g/mol. The molecule has 3 N–H and O–H groups in total. The predicted molar refractivity (Wildman–Crippen MR) is 177 cm³/mol. The van der Waals surface area contributed by atoms with E-state index in [9.17, 15) is 34.3 Å². The quantitative estimate of drug-likeness (QED) is 0.238. The molecule has 252 valence electrons. The van der Waals surface area contributed by atoms with E-state index in [0.29, 0.717) is 33.8 Å². The Morgan fingerprint density at radius 1 is 1.10 bits per heavy atom. The van der Waals surface area contributed by atoms with Crippen LogP contribution in [0, 0.1) is 11.3 Å². The number of methoxy groups -OCH3 is 1. The van der Waals surface area contributed by atoms with Crippen LogP contribution in [0.5, 0.6) is 5.75 Å². The van der Waals surface area contributed by atoms with Gasteiger partial charge in [-0.15, -0.1) is 0 Å². The van der Waals surface area contributed by atoms with Gasteiger partial charge in [0.25, 0.3) is 5.56 Å². The molecule has 4 rings (SSSR count). The topological polar surface area (TPSA) is 180 Å². The van der Waals surface area contributed by atoms with Gasteiger partial charge in [0.15, 0.2) is 6.04 Å². The van der Waals surface area contributed by atoms with Gasteiger partial charge in [0.05, 0.1) is 36.5 Å². The fourth-order valence-electron chi connectivity index (χ4n) is 5.50. The number of hydrogen-bond acceptors (Lipinski definition) is 9. The first-order valence-electron chi connectivity index (χ1n) is 15.3. The molecule has 1 fully saturated rings. The summed E-state index contributed by atoms with van der Waals surface area (Å²) in [5.41, 5.74) is 0.981. The molecular formula is C34H36ClN5O8. The fourth-order valence-corrected chi connectivity index (χ4v) is 5.67. The average molecular weight is 678 g/mol. The number of esters is 1. The van der Waals surface area contributed by atoms with Gasteiger partial charge in [0.1, 0.15) is 18.4 Å². The lowest BCUT2D eigenvalue weighted by molar-refractivity contribution is -0.144. The number of carboxylic acids is 1. The zero-order chi connectivity index (χ0) is 35.0. The second kappa shape index (κ2) is 16.1. The number of halogens is 1. The fraction of sp³-hybridized carbons (Fsp3) is 0.353. The smallest absolute Gasteiger partial charge is 0.338 e. The molecule has 1 aliphatic heterocycles. The van der Waals surface area contributed by atoms with Gasteiger partial charge >= 0.3 is 11.9 Å². The van der Waals surface area contributed by atoms with Gasteiger partial charge in [-0.2, -0.15) is 5.26 Å². The largest absolute Gasteiger partial charge is 0.495 e. The molecule has 1 saturated heterocycles. The highest BCUT2D eigenvalue weighted by Gasteiger charge is 2.30. The van der Waals surface area contributed by atoms with E-state index >= 15 is 0 Å². The zero-order valence-corrected chi connectivity index (χ0v) is 27.5. The van der Waals surface area contributed by atoms with Crippen LogP contribution in [0.3, 0.4) is 0 Å². The molecule has 3 atom stereocenters. The summed E-state index contributed by atoms with van der Waals surface area (Å²) in [5, 5.41) is 24.7. The number of ether oxygens (including phenoxy) is 2. The van der Waals surface area contributed by atoms with Gasteiger partial charge in [0.2, 0.25) is 11.8 Å². The van der Waals surface area contributed by atoms with E-state index in [4.69, 9.17) is 21.1 Å². The lowest BCUT2D eigenvalue weighted by Gasteiger charge is -2.32. The number of likely N-dealkylation sites (N-methyl/N-ethyl adjacent to an activating group) is 1. The number of anilines is 1. The zero-order valence-electron chi connectivity index (χ0n) is 26.7. The number of carboxylic acid groups (broad SMARTS) is 1. The number of aliphatic carboxylic acids is 1. The molecule has 3 aromatic rings. The van der Waals surface area contributed by atoms with Gasteiger partial charge in [-0.1, -0.05) is 24.9 Å². The van der Waals surface area contributed by atoms with Gasteiger partial charge in [0, 0.05) is 27.9 Å². The number of nitrogens with zero attached hydrogens (tertiary/aromatic N) is 3. The first kappa shape index (κ1) is 35.7. The SMILES string of the molecule is CCC(C(=O)Nc1ccc(C(=O)OC[C@H](NC(=O)C2CCCCN2C)C(=O)O)cc1)n1cc(OC)c(-c2cc(Cl)ccc2C#N)cc1=O. The number of aromatic nitrogens is 1. The van der Waals surface area contributed by atoms with Crippen molar-refractivity contribution in [2.24, 2.45) is 0 Å². The van der Waals surface area contributed by atoms with Gasteiger partial charge < -0.3 is 25.2 Å². The van der Waals surface area contributed by atoms with Gasteiger partial charge in [-0.05, 0) is 75.3 Å². The molecule has 0 spiro atoms. The second-order valence-corrected chi connectivity index (χ2v) is 11.7. The molecule has 13 nitrogen and oxygen atoms in total. The van der Waals surface area contributed by atoms with E-state index in [1.807, 2.05) is 4.90 Å². The Balaban J connectivity index is 1.42. The van der Waals surface area contributed by atoms with Crippen LogP contribution in [-0.4, -0.2) is 77.7 Å². The minimum absolute atomic E-state index is 0.0943. The Hall–Kier alpha value is -5.19. The van der Waals surface area contributed by atoms with E-state index in [-0.39, 0.29) is 17.7 Å². The number of carbonyl (C=O) groups excluding carboxylic acids is 3. The second-order valence-electron chi connectivity index (χ2n) is 11.3. The van der Waals surface area contributed by atoms with Crippen molar-refractivity contribution in [3.05, 3.63) is 81.2 Å². The summed E-state index contributed by atoms with van der Waals surface area (Å²) < 4.78 is 11.9. The number of piperidine rings is 1. The van der Waals surface area contributed by atoms with Crippen LogP contribution in [0.25, 0.3) is 11.1 Å². The van der Waals surface area contributed by atoms with Gasteiger partial charge in [-0.25, -0.2) is 9.59 Å². The van der Waals surface area contributed by atoms with Gasteiger partial charge in [-0.3, -0.25) is 23.9 Å². The van der Waals surface area contributed by atoms with Crippen LogP contribution in [0.15, 0.2) is 59.5 Å². The molecule has 0 bridgehead atoms. The molecular weight excluding hydrogens is 642 g/mol. The summed E-state index contributed by atoms with van der Waals surface area (Å²) in [4.78, 5) is 65.5. The first-order chi connectivity index (χ1) is 23.0. The highest BCUT2D eigenvalue weighted by atomic mass is 35.5. The molecule has 48 heavy (non-hydrogen) atoms. The lowest BCUT2D eigenvalue weighted by Crippen LogP contribution is -2.53. The number of hydrogen-bond donors (Lipinski definition) is 3. The Labute approximate surface area is 282 Å². The number of likely N-dealkylation sites (tertiary alicyclic amines) is 1. The molecule has 1 aliphatic rings. The molecule has 2 aromatic carbocycles. The number of rotatable bonds is 12. The molecule has 1 aromatic heterocycles. The van der Waals surface area contributed by atoms with Crippen LogP contribution >= 0.6 is 11.6 Å². The number of pyridine rings is 1. The number of nitrogens with one attached hydrogen (secondary N) is 2. The van der Waals surface area contributed by atoms with E-state index < -0.39 is 54.0 Å². The van der Waals surface area contributed by atoms with E-state index in [0.717, 1.165) is 19.4 Å². The standard InChI is InChI=1S/C34H36ClN5O8/c1-4-27(40-18-29(47-3)25(16-30(40)41)24-15-22(35)11-8-21(24)17-36)31(42)37-23-12-9-20(10-13-23)34(46)48-19-26(33(44)45)38-32(43)28-7-5-6-14-39(28)2/h8-13,15-16,18,26-28H,4-7,14,19H2,1-3H3,(H,37,42)(H,38,43)(H,44,45)/t26-,27?,28?/m0/s1. The Morgan fingerprint density at radius 3 is 2.46 bits per heavy atom. The maximum Gasteiger partial charge on any atom is 0.338 e. The Bertz CT molecular complexity index is 1790. The van der Waals surface area contributed by atoms with Crippen molar-refractivity contribution in [3.63, 3.8) is 0 Å². The van der Waals surface area contributed by atoms with E-state index in [1.165, 1.54) is 48.2 Å². The normalized spacial score (nSPS) is 15.8. The molecule has 0 saturated carbocycles. The summed E-state index contributed by atoms with van der Waals surface area (Å²) in [6.07, 6.45) is 4.09. The third-order valence-corrected chi connectivity index (χ3v) is 8.37. The molecule has 0 radical (unpaired) electrons. The third kappa shape index (κ3) is 8.39. The van der Waals surface area contributed by atoms with Crippen LogP contribution in [-0.2, 0) is 19.1 Å². The summed E-state index contributed by atoms with van der Waals surface area (Å²) in [5.74, 6) is -2.83. The van der Waals surface area contributed by atoms with Crippen LogP contribution in [0.1, 0.15) is 54.6 Å². The molecule has 2 heterocycles. The number of carbonyl (C=O) groups is 4. The molecule has 0 aliphatic carbocycles. The summed E-state index contributed by atoms with van der Waals surface area (Å²) >= 11 is 6.14. The Morgan fingerprint density at radius 2 is 1.83 bits per heavy atom. The summed E-state index contributed by atoms with van der Waals surface area (Å²) in [7, 11) is 3.21. The number of amides is 2. The lowest BCUT2D eigenvalue weighted by atomic mass is 10.00. The van der Waals surface area contributed by atoms with Crippen LogP contribution in [0.4, 0.5) is 5.69 Å². The average Bonchev–Trinajstić information content (AvgIpc) is 3.07. The van der Waals surface area contributed by atoms with Crippen molar-refractivity contribution >= 4 is 41.0 Å². The Kier molecular flexibility index (Phi) is 11.9. The van der Waals surface area contributed by atoms with Crippen molar-refractivity contribution < 1.29 is 33.8 Å². The summed E-state index contributed by atoms with van der Waals surface area (Å²) in [6.45, 7) is 1.90.